The number of methoxy groups -OCH3 is 1. The normalized spacial score (nSPS) is 11.3. The number of aromatic nitrogens is 2. The predicted molar refractivity (Wildman–Crippen MR) is 70.3 cm³/mol. The van der Waals surface area contributed by atoms with Gasteiger partial charge in [0.25, 0.3) is 10.0 Å². The summed E-state index contributed by atoms with van der Waals surface area (Å²) < 4.78 is 31.6. The SMILES string of the molecule is COc1cc(CN)ccc1NS(=O)(=O)c1ccn[nH]1. The van der Waals surface area contributed by atoms with Crippen molar-refractivity contribution in [1.82, 2.24) is 10.2 Å². The van der Waals surface area contributed by atoms with Crippen molar-refractivity contribution in [3.05, 3.63) is 36.0 Å². The Morgan fingerprint density at radius 2 is 2.21 bits per heavy atom. The van der Waals surface area contributed by atoms with Crippen molar-refractivity contribution < 1.29 is 13.2 Å². The number of nitrogens with two attached hydrogens (primary N) is 1. The fraction of sp³-hybridized carbons (Fsp3) is 0.182. The maximum Gasteiger partial charge on any atom is 0.278 e. The average Bonchev–Trinajstić information content (AvgIpc) is 2.93. The molecule has 0 saturated carbocycles. The Labute approximate surface area is 110 Å². The largest absolute Gasteiger partial charge is 0.495 e. The smallest absolute Gasteiger partial charge is 0.278 e. The Hall–Kier alpha value is -2.06. The summed E-state index contributed by atoms with van der Waals surface area (Å²) in [7, 11) is -2.24. The number of rotatable bonds is 5. The van der Waals surface area contributed by atoms with E-state index < -0.39 is 10.0 Å². The standard InChI is InChI=1S/C11H14N4O3S/c1-18-10-6-8(7-12)2-3-9(10)15-19(16,17)11-4-5-13-14-11/h2-6,15H,7,12H2,1H3,(H,13,14). The molecule has 0 amide bonds. The van der Waals surface area contributed by atoms with Crippen LogP contribution in [0.1, 0.15) is 5.56 Å². The van der Waals surface area contributed by atoms with E-state index in [-0.39, 0.29) is 5.03 Å². The summed E-state index contributed by atoms with van der Waals surface area (Å²) in [6, 6.07) is 6.39. The zero-order chi connectivity index (χ0) is 13.9. The van der Waals surface area contributed by atoms with Crippen LogP contribution in [0.5, 0.6) is 5.75 Å². The molecular formula is C11H14N4O3S. The Balaban J connectivity index is 2.34. The monoisotopic (exact) mass is 282 g/mol. The van der Waals surface area contributed by atoms with Crippen LogP contribution in [0.25, 0.3) is 0 Å². The molecule has 0 aliphatic rings. The van der Waals surface area contributed by atoms with E-state index >= 15 is 0 Å². The van der Waals surface area contributed by atoms with Crippen LogP contribution in [-0.2, 0) is 16.6 Å². The first kappa shape index (κ1) is 13.4. The summed E-state index contributed by atoms with van der Waals surface area (Å²) in [5, 5.41) is 5.99. The molecule has 0 spiro atoms. The van der Waals surface area contributed by atoms with Crippen molar-refractivity contribution in [2.45, 2.75) is 11.6 Å². The Morgan fingerprint density at radius 1 is 1.42 bits per heavy atom. The Morgan fingerprint density at radius 3 is 2.79 bits per heavy atom. The Kier molecular flexibility index (Phi) is 3.72. The van der Waals surface area contributed by atoms with Crippen LogP contribution in [0.15, 0.2) is 35.5 Å². The maximum absolute atomic E-state index is 12.0. The van der Waals surface area contributed by atoms with Gasteiger partial charge in [0.05, 0.1) is 19.0 Å². The summed E-state index contributed by atoms with van der Waals surface area (Å²) in [6.07, 6.45) is 1.36. The minimum Gasteiger partial charge on any atom is -0.495 e. The summed E-state index contributed by atoms with van der Waals surface area (Å²) in [6.45, 7) is 0.351. The van der Waals surface area contributed by atoms with Gasteiger partial charge in [-0.25, -0.2) is 0 Å². The van der Waals surface area contributed by atoms with Crippen LogP contribution < -0.4 is 15.2 Å². The molecular weight excluding hydrogens is 268 g/mol. The van der Waals surface area contributed by atoms with Gasteiger partial charge in [-0.2, -0.15) is 13.5 Å². The lowest BCUT2D eigenvalue weighted by Gasteiger charge is -2.11. The molecule has 0 bridgehead atoms. The number of anilines is 1. The van der Waals surface area contributed by atoms with Gasteiger partial charge in [-0.1, -0.05) is 6.07 Å². The fourth-order valence-corrected chi connectivity index (χ4v) is 2.52. The second-order valence-electron chi connectivity index (χ2n) is 3.77. The van der Waals surface area contributed by atoms with Crippen molar-refractivity contribution in [3.63, 3.8) is 0 Å². The van der Waals surface area contributed by atoms with Gasteiger partial charge in [0, 0.05) is 6.54 Å². The predicted octanol–water partition coefficient (Wildman–Crippen LogP) is 0.678. The van der Waals surface area contributed by atoms with Gasteiger partial charge in [0.15, 0.2) is 5.03 Å². The van der Waals surface area contributed by atoms with Crippen molar-refractivity contribution in [3.8, 4) is 5.75 Å². The third-order valence-electron chi connectivity index (χ3n) is 2.51. The van der Waals surface area contributed by atoms with E-state index in [1.165, 1.54) is 19.4 Å². The minimum absolute atomic E-state index is 0.0162. The molecule has 1 aromatic heterocycles. The lowest BCUT2D eigenvalue weighted by atomic mass is 10.2. The zero-order valence-corrected chi connectivity index (χ0v) is 11.1. The number of benzene rings is 1. The number of ether oxygens (including phenoxy) is 1. The number of nitrogens with zero attached hydrogens (tertiary/aromatic N) is 1. The fourth-order valence-electron chi connectivity index (χ4n) is 1.54. The molecule has 2 aromatic rings. The minimum atomic E-state index is -3.70. The molecule has 8 heteroatoms. The second kappa shape index (κ2) is 5.29. The molecule has 0 saturated heterocycles. The van der Waals surface area contributed by atoms with E-state index in [4.69, 9.17) is 10.5 Å². The number of nitrogens with one attached hydrogen (secondary N) is 2. The quantitative estimate of drug-likeness (QED) is 0.747. The summed E-state index contributed by atoms with van der Waals surface area (Å²) in [4.78, 5) is 0. The molecule has 1 aromatic carbocycles. The third kappa shape index (κ3) is 2.85. The maximum atomic E-state index is 12.0. The first-order valence-electron chi connectivity index (χ1n) is 5.46. The van der Waals surface area contributed by atoms with E-state index in [2.05, 4.69) is 14.9 Å². The molecule has 102 valence electrons. The summed E-state index contributed by atoms with van der Waals surface area (Å²) in [5.74, 6) is 0.408. The zero-order valence-electron chi connectivity index (χ0n) is 10.3. The van der Waals surface area contributed by atoms with Crippen LogP contribution in [0.2, 0.25) is 0 Å². The molecule has 0 radical (unpaired) electrons. The van der Waals surface area contributed by atoms with Gasteiger partial charge in [-0.05, 0) is 23.8 Å². The highest BCUT2D eigenvalue weighted by atomic mass is 32.2. The van der Waals surface area contributed by atoms with E-state index in [0.717, 1.165) is 5.56 Å². The molecule has 4 N–H and O–H groups in total. The number of aromatic amines is 1. The highest BCUT2D eigenvalue weighted by Crippen LogP contribution is 2.27. The topological polar surface area (TPSA) is 110 Å². The molecule has 0 fully saturated rings. The molecule has 0 aliphatic carbocycles. The van der Waals surface area contributed by atoms with Crippen LogP contribution in [0, 0.1) is 0 Å². The van der Waals surface area contributed by atoms with E-state index in [1.807, 2.05) is 0 Å². The van der Waals surface area contributed by atoms with Gasteiger partial charge in [0.2, 0.25) is 0 Å². The lowest BCUT2D eigenvalue weighted by molar-refractivity contribution is 0.416. The van der Waals surface area contributed by atoms with Gasteiger partial charge in [-0.15, -0.1) is 0 Å². The van der Waals surface area contributed by atoms with Gasteiger partial charge >= 0.3 is 0 Å². The third-order valence-corrected chi connectivity index (χ3v) is 3.81. The molecule has 0 unspecified atom stereocenters. The molecule has 2 rings (SSSR count). The highest BCUT2D eigenvalue weighted by molar-refractivity contribution is 7.92. The Bertz CT molecular complexity index is 653. The number of sulfonamides is 1. The molecule has 0 aliphatic heterocycles. The van der Waals surface area contributed by atoms with Gasteiger partial charge in [0.1, 0.15) is 5.75 Å². The average molecular weight is 282 g/mol. The van der Waals surface area contributed by atoms with Crippen molar-refractivity contribution >= 4 is 15.7 Å². The van der Waals surface area contributed by atoms with E-state index in [1.54, 1.807) is 18.2 Å². The number of hydrogen-bond acceptors (Lipinski definition) is 5. The van der Waals surface area contributed by atoms with Crippen LogP contribution in [0.3, 0.4) is 0 Å². The number of H-pyrrole nitrogens is 1. The number of hydrogen-bond donors (Lipinski definition) is 3. The van der Waals surface area contributed by atoms with Crippen LogP contribution in [0.4, 0.5) is 5.69 Å². The van der Waals surface area contributed by atoms with E-state index in [0.29, 0.717) is 18.0 Å². The molecule has 1 heterocycles. The first-order chi connectivity index (χ1) is 9.06. The van der Waals surface area contributed by atoms with Crippen molar-refractivity contribution in [1.29, 1.82) is 0 Å². The second-order valence-corrected chi connectivity index (χ2v) is 5.42. The van der Waals surface area contributed by atoms with Crippen molar-refractivity contribution in [2.75, 3.05) is 11.8 Å². The molecule has 0 atom stereocenters. The van der Waals surface area contributed by atoms with Crippen LogP contribution >= 0.6 is 0 Å². The van der Waals surface area contributed by atoms with E-state index in [9.17, 15) is 8.42 Å². The molecule has 19 heavy (non-hydrogen) atoms. The van der Waals surface area contributed by atoms with Crippen molar-refractivity contribution in [2.24, 2.45) is 5.73 Å². The first-order valence-corrected chi connectivity index (χ1v) is 6.94. The summed E-state index contributed by atoms with van der Waals surface area (Å²) in [5.41, 5.74) is 6.71. The van der Waals surface area contributed by atoms with Gasteiger partial charge in [-0.3, -0.25) is 9.82 Å². The highest BCUT2D eigenvalue weighted by Gasteiger charge is 2.17. The summed E-state index contributed by atoms with van der Waals surface area (Å²) >= 11 is 0. The lowest BCUT2D eigenvalue weighted by Crippen LogP contribution is -2.14. The molecule has 7 nitrogen and oxygen atoms in total. The van der Waals surface area contributed by atoms with Gasteiger partial charge < -0.3 is 10.5 Å². The van der Waals surface area contributed by atoms with Crippen LogP contribution in [-0.4, -0.2) is 25.7 Å².